The number of fused-ring (bicyclic) bond motifs is 5. The maximum absolute atomic E-state index is 13.2. The summed E-state index contributed by atoms with van der Waals surface area (Å²) in [5, 5.41) is 10.8. The van der Waals surface area contributed by atoms with E-state index in [0.29, 0.717) is 23.9 Å². The number of aliphatic hydroxyl groups is 1. The van der Waals surface area contributed by atoms with Crippen molar-refractivity contribution in [2.24, 2.45) is 29.1 Å². The minimum absolute atomic E-state index is 0. The molecule has 0 spiro atoms. The molecule has 1 heterocycles. The fourth-order valence-corrected chi connectivity index (χ4v) is 5.56. The molecule has 3 nitrogen and oxygen atoms in total. The van der Waals surface area contributed by atoms with Gasteiger partial charge in [0, 0.05) is 32.4 Å². The van der Waals surface area contributed by atoms with Gasteiger partial charge in [0.2, 0.25) is 0 Å². The molecule has 3 fully saturated rings. The monoisotopic (exact) mass is 401 g/mol. The van der Waals surface area contributed by atoms with Gasteiger partial charge in [-0.1, -0.05) is 39.5 Å². The molecule has 2 unspecified atom stereocenters. The summed E-state index contributed by atoms with van der Waals surface area (Å²) in [7, 11) is 0. The Hall–Kier alpha value is -0.112. The second-order valence-electron chi connectivity index (χ2n) is 8.28. The number of rotatable bonds is 0. The standard InChI is InChI=1S/C19H27O3.Mo/c1-10-4-5-12-7-13(10)17(20)18(21)19(3)11(2)6-16-14(9-22-16)15(19)8-12;/h4,11-12,14-17,20H,5-9H2,1-3H3;/q-1;/t11?,12-,14-,15+,16+,17?,19-;/m1./s1. The summed E-state index contributed by atoms with van der Waals surface area (Å²) in [4.78, 5) is 13.2. The second-order valence-corrected chi connectivity index (χ2v) is 8.28. The van der Waals surface area contributed by atoms with Gasteiger partial charge in [-0.2, -0.15) is 5.57 Å². The van der Waals surface area contributed by atoms with Gasteiger partial charge in [-0.05, 0) is 24.7 Å². The number of ether oxygens (including phenoxy) is 1. The SMILES string of the molecule is CC1=C2C[C@@H](C[CH-]1)C[C@H]1[C@H]3CO[C@H]3CC(C)[C@@]1(C)C(=O)C2O.[Mo]. The van der Waals surface area contributed by atoms with Gasteiger partial charge in [-0.25, -0.2) is 12.0 Å². The Labute approximate surface area is 153 Å². The first kappa shape index (κ1) is 17.7. The predicted octanol–water partition coefficient (Wildman–Crippen LogP) is 2.93. The van der Waals surface area contributed by atoms with Crippen LogP contribution in [0, 0.1) is 35.5 Å². The molecule has 4 heteroatoms. The van der Waals surface area contributed by atoms with Crippen LogP contribution in [0.15, 0.2) is 11.1 Å². The number of carbonyl (C=O) groups excluding carboxylic acids is 1. The van der Waals surface area contributed by atoms with Crippen LogP contribution in [-0.4, -0.2) is 29.7 Å². The Balaban J connectivity index is 0.00000156. The maximum atomic E-state index is 13.2. The summed E-state index contributed by atoms with van der Waals surface area (Å²) in [6, 6.07) is 0. The van der Waals surface area contributed by atoms with Crippen LogP contribution in [-0.2, 0) is 30.6 Å². The topological polar surface area (TPSA) is 46.5 Å². The van der Waals surface area contributed by atoms with E-state index in [-0.39, 0.29) is 32.8 Å². The normalized spacial score (nSPS) is 48.8. The number of aliphatic hydroxyl groups excluding tert-OH is 1. The Morgan fingerprint density at radius 3 is 2.74 bits per heavy atom. The van der Waals surface area contributed by atoms with Crippen LogP contribution in [0.4, 0.5) is 0 Å². The zero-order valence-electron chi connectivity index (χ0n) is 14.2. The number of Topliss-reactive ketones (excluding diaryl/α,β-unsaturated/α-hetero) is 1. The van der Waals surface area contributed by atoms with Crippen molar-refractivity contribution in [1.82, 2.24) is 0 Å². The van der Waals surface area contributed by atoms with Crippen LogP contribution >= 0.6 is 0 Å². The quantitative estimate of drug-likeness (QED) is 0.503. The molecule has 0 aromatic rings. The molecule has 0 amide bonds. The van der Waals surface area contributed by atoms with Gasteiger partial charge in [0.15, 0.2) is 5.78 Å². The first-order valence-corrected chi connectivity index (χ1v) is 8.79. The van der Waals surface area contributed by atoms with Gasteiger partial charge in [0.25, 0.3) is 0 Å². The zero-order chi connectivity index (χ0) is 15.6. The van der Waals surface area contributed by atoms with Gasteiger partial charge < -0.3 is 9.84 Å². The third-order valence-corrected chi connectivity index (χ3v) is 7.35. The van der Waals surface area contributed by atoms with E-state index >= 15 is 0 Å². The summed E-state index contributed by atoms with van der Waals surface area (Å²) in [6.45, 7) is 7.16. The van der Waals surface area contributed by atoms with Crippen LogP contribution < -0.4 is 0 Å². The smallest absolute Gasteiger partial charge is 0.154 e. The fraction of sp³-hybridized carbons (Fsp3) is 0.789. The number of hydrogen-bond donors (Lipinski definition) is 1. The summed E-state index contributed by atoms with van der Waals surface area (Å²) in [6.07, 6.45) is 5.74. The Morgan fingerprint density at radius 1 is 1.35 bits per heavy atom. The van der Waals surface area contributed by atoms with Gasteiger partial charge in [-0.15, -0.1) is 0 Å². The van der Waals surface area contributed by atoms with E-state index in [1.54, 1.807) is 0 Å². The maximum Gasteiger partial charge on any atom is 0.154 e. The number of allylic oxidation sites excluding steroid dienone is 1. The van der Waals surface area contributed by atoms with E-state index in [1.807, 2.05) is 6.92 Å². The van der Waals surface area contributed by atoms with Crippen LogP contribution in [0.1, 0.15) is 46.5 Å². The van der Waals surface area contributed by atoms with E-state index in [4.69, 9.17) is 4.74 Å². The predicted molar refractivity (Wildman–Crippen MR) is 84.0 cm³/mol. The van der Waals surface area contributed by atoms with Crippen molar-refractivity contribution in [2.45, 2.75) is 58.7 Å². The summed E-state index contributed by atoms with van der Waals surface area (Å²) in [5.74, 6) is 1.82. The van der Waals surface area contributed by atoms with Crippen LogP contribution in [0.5, 0.6) is 0 Å². The first-order valence-electron chi connectivity index (χ1n) is 8.79. The van der Waals surface area contributed by atoms with Crippen LogP contribution in [0.25, 0.3) is 0 Å². The molecule has 4 aliphatic rings. The molecule has 0 aromatic carbocycles. The molecular weight excluding hydrogens is 372 g/mol. The van der Waals surface area contributed by atoms with Crippen molar-refractivity contribution in [3.63, 3.8) is 0 Å². The molecule has 4 rings (SSSR count). The van der Waals surface area contributed by atoms with E-state index in [2.05, 4.69) is 20.3 Å². The average Bonchev–Trinajstić information content (AvgIpc) is 2.48. The molecule has 2 bridgehead atoms. The molecule has 7 atom stereocenters. The van der Waals surface area contributed by atoms with Gasteiger partial charge >= 0.3 is 0 Å². The molecule has 0 aromatic heterocycles. The van der Waals surface area contributed by atoms with Crippen LogP contribution in [0.3, 0.4) is 0 Å². The van der Waals surface area contributed by atoms with Gasteiger partial charge in [-0.3, -0.25) is 4.79 Å². The zero-order valence-corrected chi connectivity index (χ0v) is 16.3. The van der Waals surface area contributed by atoms with Crippen molar-refractivity contribution < 1.29 is 35.7 Å². The minimum Gasteiger partial charge on any atom is -0.399 e. The fourth-order valence-electron chi connectivity index (χ4n) is 5.56. The average molecular weight is 399 g/mol. The summed E-state index contributed by atoms with van der Waals surface area (Å²) < 4.78 is 5.76. The molecule has 2 saturated carbocycles. The Kier molecular flexibility index (Phi) is 4.62. The molecule has 1 N–H and O–H groups in total. The molecule has 23 heavy (non-hydrogen) atoms. The number of ketones is 1. The molecule has 128 valence electrons. The molecule has 0 radical (unpaired) electrons. The minimum atomic E-state index is -0.896. The van der Waals surface area contributed by atoms with Gasteiger partial charge in [0.05, 0.1) is 18.8 Å². The number of carbonyl (C=O) groups is 1. The van der Waals surface area contributed by atoms with Crippen LogP contribution in [0.2, 0.25) is 0 Å². The second kappa shape index (κ2) is 6.00. The van der Waals surface area contributed by atoms with E-state index < -0.39 is 11.5 Å². The third kappa shape index (κ3) is 2.41. The van der Waals surface area contributed by atoms with Crippen molar-refractivity contribution >= 4 is 5.78 Å². The Bertz CT molecular complexity index is 543. The summed E-state index contributed by atoms with van der Waals surface area (Å²) in [5.41, 5.74) is 1.72. The van der Waals surface area contributed by atoms with Crippen molar-refractivity contribution in [1.29, 1.82) is 0 Å². The molecular formula is C19H27MoO3-. The first-order chi connectivity index (χ1) is 10.4. The van der Waals surface area contributed by atoms with Crippen molar-refractivity contribution in [2.75, 3.05) is 6.61 Å². The third-order valence-electron chi connectivity index (χ3n) is 7.35. The van der Waals surface area contributed by atoms with Gasteiger partial charge in [0.1, 0.15) is 0 Å². The molecule has 1 saturated heterocycles. The van der Waals surface area contributed by atoms with Crippen molar-refractivity contribution in [3.05, 3.63) is 17.6 Å². The molecule has 1 aliphatic heterocycles. The molecule has 3 aliphatic carbocycles. The Morgan fingerprint density at radius 2 is 2.09 bits per heavy atom. The van der Waals surface area contributed by atoms with E-state index in [1.165, 1.54) is 0 Å². The summed E-state index contributed by atoms with van der Waals surface area (Å²) >= 11 is 0. The number of hydrogen-bond acceptors (Lipinski definition) is 3. The largest absolute Gasteiger partial charge is 0.399 e. The van der Waals surface area contributed by atoms with E-state index in [0.717, 1.165) is 43.4 Å². The van der Waals surface area contributed by atoms with E-state index in [9.17, 15) is 9.90 Å². The van der Waals surface area contributed by atoms with Crippen molar-refractivity contribution in [3.8, 4) is 0 Å².